The third-order valence-electron chi connectivity index (χ3n) is 3.36. The summed E-state index contributed by atoms with van der Waals surface area (Å²) in [5.74, 6) is 1.90. The van der Waals surface area contributed by atoms with Crippen molar-refractivity contribution >= 4 is 0 Å². The molecular formula is C18H16O. The van der Waals surface area contributed by atoms with Crippen molar-refractivity contribution < 1.29 is 4.42 Å². The summed E-state index contributed by atoms with van der Waals surface area (Å²) >= 11 is 0. The van der Waals surface area contributed by atoms with Crippen LogP contribution in [-0.2, 0) is 0 Å². The van der Waals surface area contributed by atoms with Gasteiger partial charge >= 0.3 is 0 Å². The summed E-state index contributed by atoms with van der Waals surface area (Å²) in [7, 11) is 0. The van der Waals surface area contributed by atoms with E-state index in [1.807, 2.05) is 30.3 Å². The Morgan fingerprint density at radius 3 is 2.16 bits per heavy atom. The number of furan rings is 1. The summed E-state index contributed by atoms with van der Waals surface area (Å²) in [6, 6.07) is 20.7. The molecule has 0 atom stereocenters. The lowest BCUT2D eigenvalue weighted by Gasteiger charge is -2.01. The third kappa shape index (κ3) is 2.19. The fraction of sp³-hybridized carbons (Fsp3) is 0.111. The summed E-state index contributed by atoms with van der Waals surface area (Å²) in [6.07, 6.45) is 0. The van der Waals surface area contributed by atoms with Crippen LogP contribution in [0.2, 0.25) is 0 Å². The molecule has 0 fully saturated rings. The number of hydrogen-bond acceptors (Lipinski definition) is 1. The van der Waals surface area contributed by atoms with E-state index in [1.54, 1.807) is 0 Å². The van der Waals surface area contributed by atoms with E-state index >= 15 is 0 Å². The largest absolute Gasteiger partial charge is 0.456 e. The van der Waals surface area contributed by atoms with Crippen LogP contribution in [0.4, 0.5) is 0 Å². The lowest BCUT2D eigenvalue weighted by Crippen LogP contribution is -1.78. The van der Waals surface area contributed by atoms with Crippen molar-refractivity contribution in [1.29, 1.82) is 0 Å². The normalized spacial score (nSPS) is 10.6. The maximum absolute atomic E-state index is 6.07. The molecule has 0 saturated carbocycles. The van der Waals surface area contributed by atoms with Crippen molar-refractivity contribution in [3.05, 3.63) is 71.8 Å². The van der Waals surface area contributed by atoms with E-state index in [0.29, 0.717) is 0 Å². The van der Waals surface area contributed by atoms with E-state index in [0.717, 1.165) is 22.6 Å². The highest BCUT2D eigenvalue weighted by atomic mass is 16.3. The van der Waals surface area contributed by atoms with Crippen LogP contribution in [0, 0.1) is 13.8 Å². The minimum atomic E-state index is 0.939. The van der Waals surface area contributed by atoms with Crippen molar-refractivity contribution in [1.82, 2.24) is 0 Å². The molecule has 94 valence electrons. The van der Waals surface area contributed by atoms with Gasteiger partial charge in [0.05, 0.1) is 0 Å². The number of benzene rings is 2. The Labute approximate surface area is 113 Å². The summed E-state index contributed by atoms with van der Waals surface area (Å²) in [5.41, 5.74) is 4.69. The van der Waals surface area contributed by atoms with Gasteiger partial charge in [0.1, 0.15) is 11.5 Å². The average Bonchev–Trinajstić information content (AvgIpc) is 2.82. The predicted molar refractivity (Wildman–Crippen MR) is 79.1 cm³/mol. The molecular weight excluding hydrogens is 232 g/mol. The minimum absolute atomic E-state index is 0.939. The van der Waals surface area contributed by atoms with Gasteiger partial charge in [0.25, 0.3) is 0 Å². The van der Waals surface area contributed by atoms with E-state index in [2.05, 4.69) is 44.2 Å². The first-order chi connectivity index (χ1) is 9.25. The van der Waals surface area contributed by atoms with Gasteiger partial charge in [0.2, 0.25) is 0 Å². The molecule has 1 nitrogen and oxygen atoms in total. The molecule has 0 aliphatic heterocycles. The molecule has 19 heavy (non-hydrogen) atoms. The van der Waals surface area contributed by atoms with Crippen molar-refractivity contribution in [2.75, 3.05) is 0 Å². The summed E-state index contributed by atoms with van der Waals surface area (Å²) in [4.78, 5) is 0. The molecule has 0 aliphatic carbocycles. The van der Waals surface area contributed by atoms with Crippen molar-refractivity contribution in [2.45, 2.75) is 13.8 Å². The van der Waals surface area contributed by atoms with Gasteiger partial charge in [0.15, 0.2) is 0 Å². The smallest absolute Gasteiger partial charge is 0.137 e. The van der Waals surface area contributed by atoms with Gasteiger partial charge < -0.3 is 4.42 Å². The lowest BCUT2D eigenvalue weighted by atomic mass is 10.1. The molecule has 3 rings (SSSR count). The van der Waals surface area contributed by atoms with Crippen LogP contribution < -0.4 is 0 Å². The van der Waals surface area contributed by atoms with Crippen LogP contribution in [0.5, 0.6) is 0 Å². The van der Waals surface area contributed by atoms with E-state index in [4.69, 9.17) is 4.42 Å². The fourth-order valence-electron chi connectivity index (χ4n) is 2.34. The zero-order valence-electron chi connectivity index (χ0n) is 11.2. The monoisotopic (exact) mass is 248 g/mol. The van der Waals surface area contributed by atoms with Gasteiger partial charge in [-0.3, -0.25) is 0 Å². The van der Waals surface area contributed by atoms with Crippen LogP contribution in [0.25, 0.3) is 22.6 Å². The number of rotatable bonds is 2. The topological polar surface area (TPSA) is 13.1 Å². The SMILES string of the molecule is Cc1ccccc1-c1cc(C)c(-c2ccccc2)o1. The van der Waals surface area contributed by atoms with E-state index < -0.39 is 0 Å². The van der Waals surface area contributed by atoms with Gasteiger partial charge in [-0.1, -0.05) is 54.6 Å². The van der Waals surface area contributed by atoms with Crippen LogP contribution in [0.3, 0.4) is 0 Å². The molecule has 0 saturated heterocycles. The number of hydrogen-bond donors (Lipinski definition) is 0. The molecule has 0 aliphatic rings. The van der Waals surface area contributed by atoms with Crippen molar-refractivity contribution in [3.63, 3.8) is 0 Å². The maximum Gasteiger partial charge on any atom is 0.137 e. The summed E-state index contributed by atoms with van der Waals surface area (Å²) in [5, 5.41) is 0. The van der Waals surface area contributed by atoms with Crippen LogP contribution in [0.15, 0.2) is 65.1 Å². The number of aryl methyl sites for hydroxylation is 2. The highest BCUT2D eigenvalue weighted by Crippen LogP contribution is 2.33. The van der Waals surface area contributed by atoms with Crippen molar-refractivity contribution in [3.8, 4) is 22.6 Å². The second kappa shape index (κ2) is 4.77. The molecule has 1 heterocycles. The van der Waals surface area contributed by atoms with Crippen LogP contribution in [-0.4, -0.2) is 0 Å². The zero-order chi connectivity index (χ0) is 13.2. The molecule has 0 N–H and O–H groups in total. The second-order valence-corrected chi connectivity index (χ2v) is 4.80. The first kappa shape index (κ1) is 11.8. The lowest BCUT2D eigenvalue weighted by molar-refractivity contribution is 0.595. The fourth-order valence-corrected chi connectivity index (χ4v) is 2.34. The molecule has 0 spiro atoms. The standard InChI is InChI=1S/C18H16O/c1-13-8-6-7-11-16(13)17-12-14(2)18(19-17)15-9-4-3-5-10-15/h3-12H,1-2H3. The van der Waals surface area contributed by atoms with Crippen LogP contribution >= 0.6 is 0 Å². The Morgan fingerprint density at radius 1 is 0.737 bits per heavy atom. The van der Waals surface area contributed by atoms with Gasteiger partial charge in [-0.2, -0.15) is 0 Å². The Hall–Kier alpha value is -2.28. The molecule has 0 bridgehead atoms. The van der Waals surface area contributed by atoms with E-state index in [-0.39, 0.29) is 0 Å². The van der Waals surface area contributed by atoms with Gasteiger partial charge in [0, 0.05) is 11.1 Å². The predicted octanol–water partition coefficient (Wildman–Crippen LogP) is 5.23. The highest BCUT2D eigenvalue weighted by Gasteiger charge is 2.12. The van der Waals surface area contributed by atoms with Gasteiger partial charge in [-0.05, 0) is 31.0 Å². The second-order valence-electron chi connectivity index (χ2n) is 4.80. The molecule has 1 heteroatoms. The Kier molecular flexibility index (Phi) is 2.96. The Bertz CT molecular complexity index is 693. The zero-order valence-corrected chi connectivity index (χ0v) is 11.2. The molecule has 0 unspecified atom stereocenters. The van der Waals surface area contributed by atoms with E-state index in [9.17, 15) is 0 Å². The molecule has 0 amide bonds. The summed E-state index contributed by atoms with van der Waals surface area (Å²) in [6.45, 7) is 4.20. The average molecular weight is 248 g/mol. The Morgan fingerprint density at radius 2 is 1.42 bits per heavy atom. The summed E-state index contributed by atoms with van der Waals surface area (Å²) < 4.78 is 6.07. The molecule has 1 aromatic heterocycles. The van der Waals surface area contributed by atoms with Crippen LogP contribution in [0.1, 0.15) is 11.1 Å². The molecule has 2 aromatic carbocycles. The quantitative estimate of drug-likeness (QED) is 0.605. The molecule has 0 radical (unpaired) electrons. The van der Waals surface area contributed by atoms with Gasteiger partial charge in [-0.25, -0.2) is 0 Å². The van der Waals surface area contributed by atoms with E-state index in [1.165, 1.54) is 11.1 Å². The first-order valence-corrected chi connectivity index (χ1v) is 6.47. The third-order valence-corrected chi connectivity index (χ3v) is 3.36. The molecule has 3 aromatic rings. The first-order valence-electron chi connectivity index (χ1n) is 6.47. The maximum atomic E-state index is 6.07. The Balaban J connectivity index is 2.10. The van der Waals surface area contributed by atoms with Gasteiger partial charge in [-0.15, -0.1) is 0 Å². The minimum Gasteiger partial charge on any atom is -0.456 e. The van der Waals surface area contributed by atoms with Crippen molar-refractivity contribution in [2.24, 2.45) is 0 Å². The highest BCUT2D eigenvalue weighted by molar-refractivity contribution is 5.69.